The van der Waals surface area contributed by atoms with Gasteiger partial charge in [0.2, 0.25) is 5.95 Å². The van der Waals surface area contributed by atoms with Crippen molar-refractivity contribution in [1.82, 2.24) is 14.8 Å². The Labute approximate surface area is 174 Å². The Balaban J connectivity index is 1.55. The number of ketones is 1. The van der Waals surface area contributed by atoms with Gasteiger partial charge in [-0.1, -0.05) is 36.4 Å². The molecule has 0 fully saturated rings. The van der Waals surface area contributed by atoms with Crippen LogP contribution in [0.2, 0.25) is 0 Å². The molecule has 0 unspecified atom stereocenters. The number of allylic oxidation sites excluding steroid dienone is 2. The smallest absolute Gasteiger partial charge is 0.226 e. The van der Waals surface area contributed by atoms with E-state index in [2.05, 4.69) is 15.4 Å². The van der Waals surface area contributed by atoms with Gasteiger partial charge in [0.15, 0.2) is 17.3 Å². The molecule has 1 aliphatic carbocycles. The van der Waals surface area contributed by atoms with Crippen molar-refractivity contribution in [3.05, 3.63) is 77.3 Å². The first-order chi connectivity index (χ1) is 14.7. The van der Waals surface area contributed by atoms with Crippen molar-refractivity contribution in [1.29, 1.82) is 0 Å². The van der Waals surface area contributed by atoms with Gasteiger partial charge in [0.1, 0.15) is 12.4 Å². The third-order valence-corrected chi connectivity index (χ3v) is 5.86. The molecule has 7 heteroatoms. The number of Topliss-reactive ketones (excluding diaryl/α,β-unsaturated/α-hetero) is 1. The van der Waals surface area contributed by atoms with Crippen LogP contribution < -0.4 is 14.8 Å². The van der Waals surface area contributed by atoms with Crippen LogP contribution >= 0.6 is 0 Å². The zero-order valence-corrected chi connectivity index (χ0v) is 16.8. The van der Waals surface area contributed by atoms with Crippen LogP contribution in [0.15, 0.2) is 66.1 Å². The molecule has 2 aliphatic rings. The molecule has 1 N–H and O–H groups in total. The minimum Gasteiger partial charge on any atom is -0.493 e. The summed E-state index contributed by atoms with van der Waals surface area (Å²) < 4.78 is 12.6. The van der Waals surface area contributed by atoms with Crippen molar-refractivity contribution in [3.8, 4) is 11.5 Å². The number of hydrogen-bond donors (Lipinski definition) is 1. The second kappa shape index (κ2) is 7.33. The van der Waals surface area contributed by atoms with Gasteiger partial charge in [0.05, 0.1) is 14.2 Å². The molecule has 0 saturated carbocycles. The summed E-state index contributed by atoms with van der Waals surface area (Å²) in [5, 5.41) is 7.74. The zero-order valence-electron chi connectivity index (χ0n) is 16.8. The standard InChI is InChI=1S/C23H22N4O3/c1-29-19-9-8-15(12-20(19)30-2)16-10-17-21(18(28)11-16)22(14-6-4-3-5-7-14)27-23(26-17)24-13-25-27/h3-9,12-13,16,22H,10-11H2,1-2H3,(H,24,25,26)/t16-,22+/m0/s1. The number of nitrogens with one attached hydrogen (secondary N) is 1. The van der Waals surface area contributed by atoms with Crippen molar-refractivity contribution in [2.45, 2.75) is 24.8 Å². The molecule has 1 aliphatic heterocycles. The average Bonchev–Trinajstić information content (AvgIpc) is 3.25. The second-order valence-electron chi connectivity index (χ2n) is 7.50. The van der Waals surface area contributed by atoms with Crippen LogP contribution in [0.1, 0.15) is 35.9 Å². The van der Waals surface area contributed by atoms with Gasteiger partial charge in [-0.05, 0) is 35.6 Å². The number of anilines is 1. The van der Waals surface area contributed by atoms with Crippen LogP contribution in [0, 0.1) is 0 Å². The number of methoxy groups -OCH3 is 2. The maximum atomic E-state index is 13.4. The maximum absolute atomic E-state index is 13.4. The molecule has 2 aromatic carbocycles. The normalized spacial score (nSPS) is 20.3. The van der Waals surface area contributed by atoms with Gasteiger partial charge in [-0.3, -0.25) is 4.79 Å². The first kappa shape index (κ1) is 18.4. The predicted octanol–water partition coefficient (Wildman–Crippen LogP) is 3.71. The van der Waals surface area contributed by atoms with Crippen molar-refractivity contribution >= 4 is 11.7 Å². The summed E-state index contributed by atoms with van der Waals surface area (Å²) in [5.41, 5.74) is 3.77. The third kappa shape index (κ3) is 2.94. The highest BCUT2D eigenvalue weighted by molar-refractivity contribution is 6.00. The first-order valence-corrected chi connectivity index (χ1v) is 9.89. The van der Waals surface area contributed by atoms with Crippen molar-refractivity contribution in [3.63, 3.8) is 0 Å². The molecule has 1 aromatic heterocycles. The lowest BCUT2D eigenvalue weighted by atomic mass is 9.78. The molecule has 0 radical (unpaired) electrons. The molecular weight excluding hydrogens is 380 g/mol. The van der Waals surface area contributed by atoms with Crippen LogP contribution in [-0.2, 0) is 4.79 Å². The molecule has 2 heterocycles. The number of aromatic nitrogens is 3. The fraction of sp³-hybridized carbons (Fsp3) is 0.261. The van der Waals surface area contributed by atoms with E-state index in [1.807, 2.05) is 48.5 Å². The lowest BCUT2D eigenvalue weighted by Gasteiger charge is -2.35. The van der Waals surface area contributed by atoms with E-state index in [0.29, 0.717) is 30.3 Å². The molecule has 0 saturated heterocycles. The SMILES string of the molecule is COc1ccc([C@@H]2CC(=O)C3=C(C2)Nc2ncnn2[C@@H]3c2ccccc2)cc1OC. The number of hydrogen-bond acceptors (Lipinski definition) is 6. The molecule has 152 valence electrons. The highest BCUT2D eigenvalue weighted by Crippen LogP contribution is 2.44. The average molecular weight is 402 g/mol. The van der Waals surface area contributed by atoms with Gasteiger partial charge >= 0.3 is 0 Å². The third-order valence-electron chi connectivity index (χ3n) is 5.86. The van der Waals surface area contributed by atoms with E-state index in [1.165, 1.54) is 6.33 Å². The minimum absolute atomic E-state index is 0.0504. The zero-order chi connectivity index (χ0) is 20.7. The first-order valence-electron chi connectivity index (χ1n) is 9.89. The molecule has 0 bridgehead atoms. The van der Waals surface area contributed by atoms with Crippen LogP contribution in [-0.4, -0.2) is 34.8 Å². The van der Waals surface area contributed by atoms with E-state index in [1.54, 1.807) is 18.9 Å². The van der Waals surface area contributed by atoms with Gasteiger partial charge in [0, 0.05) is 17.7 Å². The van der Waals surface area contributed by atoms with Gasteiger partial charge in [0.25, 0.3) is 0 Å². The number of rotatable bonds is 4. The Hall–Kier alpha value is -3.61. The van der Waals surface area contributed by atoms with E-state index in [9.17, 15) is 4.79 Å². The van der Waals surface area contributed by atoms with Gasteiger partial charge in [-0.25, -0.2) is 4.68 Å². The minimum atomic E-state index is -0.265. The quantitative estimate of drug-likeness (QED) is 0.717. The predicted molar refractivity (Wildman–Crippen MR) is 112 cm³/mol. The van der Waals surface area contributed by atoms with E-state index in [4.69, 9.17) is 9.47 Å². The summed E-state index contributed by atoms with van der Waals surface area (Å²) in [5.74, 6) is 2.17. The lowest BCUT2D eigenvalue weighted by molar-refractivity contribution is -0.116. The summed E-state index contributed by atoms with van der Waals surface area (Å²) in [7, 11) is 3.23. The number of carbonyl (C=O) groups excluding carboxylic acids is 1. The Morgan fingerprint density at radius 1 is 1.00 bits per heavy atom. The molecule has 7 nitrogen and oxygen atoms in total. The number of ether oxygens (including phenoxy) is 2. The molecule has 30 heavy (non-hydrogen) atoms. The number of fused-ring (bicyclic) bond motifs is 1. The fourth-order valence-electron chi connectivity index (χ4n) is 4.44. The Bertz CT molecular complexity index is 1140. The fourth-order valence-corrected chi connectivity index (χ4v) is 4.44. The maximum Gasteiger partial charge on any atom is 0.226 e. The van der Waals surface area contributed by atoms with E-state index >= 15 is 0 Å². The monoisotopic (exact) mass is 402 g/mol. The molecule has 5 rings (SSSR count). The summed E-state index contributed by atoms with van der Waals surface area (Å²) >= 11 is 0. The summed E-state index contributed by atoms with van der Waals surface area (Å²) in [6.45, 7) is 0. The summed E-state index contributed by atoms with van der Waals surface area (Å²) in [6, 6.07) is 15.6. The van der Waals surface area contributed by atoms with Crippen LogP contribution in [0.25, 0.3) is 0 Å². The number of carbonyl (C=O) groups is 1. The van der Waals surface area contributed by atoms with Gasteiger partial charge in [-0.2, -0.15) is 10.1 Å². The van der Waals surface area contributed by atoms with Crippen molar-refractivity contribution < 1.29 is 14.3 Å². The molecule has 3 aromatic rings. The Kier molecular flexibility index (Phi) is 4.50. The number of nitrogens with zero attached hydrogens (tertiary/aromatic N) is 3. The Morgan fingerprint density at radius 2 is 1.80 bits per heavy atom. The Morgan fingerprint density at radius 3 is 2.57 bits per heavy atom. The van der Waals surface area contributed by atoms with Crippen LogP contribution in [0.4, 0.5) is 5.95 Å². The largest absolute Gasteiger partial charge is 0.493 e. The highest BCUT2D eigenvalue weighted by atomic mass is 16.5. The van der Waals surface area contributed by atoms with Crippen molar-refractivity contribution in [2.75, 3.05) is 19.5 Å². The lowest BCUT2D eigenvalue weighted by Crippen LogP contribution is -2.33. The van der Waals surface area contributed by atoms with Crippen LogP contribution in [0.3, 0.4) is 0 Å². The summed E-state index contributed by atoms with van der Waals surface area (Å²) in [6.07, 6.45) is 2.67. The number of benzene rings is 2. The summed E-state index contributed by atoms with van der Waals surface area (Å²) in [4.78, 5) is 17.7. The van der Waals surface area contributed by atoms with Crippen LogP contribution in [0.5, 0.6) is 11.5 Å². The molecule has 2 atom stereocenters. The topological polar surface area (TPSA) is 78.3 Å². The van der Waals surface area contributed by atoms with E-state index in [0.717, 1.165) is 22.4 Å². The van der Waals surface area contributed by atoms with E-state index < -0.39 is 0 Å². The molecule has 0 amide bonds. The molecule has 0 spiro atoms. The van der Waals surface area contributed by atoms with Gasteiger partial charge < -0.3 is 14.8 Å². The second-order valence-corrected chi connectivity index (χ2v) is 7.50. The van der Waals surface area contributed by atoms with Crippen molar-refractivity contribution in [2.24, 2.45) is 0 Å². The van der Waals surface area contributed by atoms with E-state index in [-0.39, 0.29) is 17.7 Å². The van der Waals surface area contributed by atoms with Gasteiger partial charge in [-0.15, -0.1) is 0 Å². The highest BCUT2D eigenvalue weighted by Gasteiger charge is 2.39. The molecular formula is C23H22N4O3.